The highest BCUT2D eigenvalue weighted by Gasteiger charge is 2.18. The zero-order valence-corrected chi connectivity index (χ0v) is 12.1. The molecule has 20 heavy (non-hydrogen) atoms. The first-order chi connectivity index (χ1) is 9.84. The minimum atomic E-state index is 0.695. The average molecular weight is 285 g/mol. The van der Waals surface area contributed by atoms with E-state index in [0.717, 1.165) is 30.2 Å². The molecule has 1 heterocycles. The third kappa shape index (κ3) is 2.86. The molecule has 0 radical (unpaired) electrons. The second-order valence-corrected chi connectivity index (χ2v) is 5.35. The Morgan fingerprint density at radius 3 is 2.25 bits per heavy atom. The van der Waals surface area contributed by atoms with Crippen LogP contribution in [0.1, 0.15) is 18.4 Å². The predicted molar refractivity (Wildman–Crippen MR) is 84.9 cm³/mol. The third-order valence-corrected chi connectivity index (χ3v) is 3.84. The molecule has 3 heteroatoms. The zero-order chi connectivity index (χ0) is 13.8. The van der Waals surface area contributed by atoms with Gasteiger partial charge in [0.25, 0.3) is 0 Å². The molecule has 0 saturated carbocycles. The lowest BCUT2D eigenvalue weighted by Gasteiger charge is -2.20. The minimum Gasteiger partial charge on any atom is -0.356 e. The normalized spacial score (nSPS) is 15.7. The number of hydrogen-bond acceptors (Lipinski definition) is 1. The van der Waals surface area contributed by atoms with Crippen molar-refractivity contribution in [2.75, 3.05) is 13.1 Å². The molecule has 1 saturated heterocycles. The summed E-state index contributed by atoms with van der Waals surface area (Å²) >= 11 is 6.24. The molecule has 0 atom stereocenters. The van der Waals surface area contributed by atoms with Gasteiger partial charge in [-0.25, -0.2) is 4.99 Å². The molecular formula is C17H17ClN2. The van der Waals surface area contributed by atoms with Crippen LogP contribution >= 0.6 is 11.6 Å². The smallest absolute Gasteiger partial charge is 0.136 e. The van der Waals surface area contributed by atoms with E-state index in [-0.39, 0.29) is 0 Å². The van der Waals surface area contributed by atoms with Crippen LogP contribution in [0, 0.1) is 0 Å². The van der Waals surface area contributed by atoms with Crippen molar-refractivity contribution in [2.45, 2.75) is 12.8 Å². The van der Waals surface area contributed by atoms with E-state index in [9.17, 15) is 0 Å². The molecular weight excluding hydrogens is 268 g/mol. The Hall–Kier alpha value is -1.80. The molecule has 0 N–H and O–H groups in total. The number of para-hydroxylation sites is 1. The first kappa shape index (κ1) is 13.2. The van der Waals surface area contributed by atoms with Crippen molar-refractivity contribution < 1.29 is 0 Å². The van der Waals surface area contributed by atoms with Crippen LogP contribution in [0.4, 0.5) is 5.69 Å². The van der Waals surface area contributed by atoms with Crippen LogP contribution < -0.4 is 0 Å². The van der Waals surface area contributed by atoms with Crippen molar-refractivity contribution >= 4 is 23.1 Å². The molecule has 3 rings (SSSR count). The minimum absolute atomic E-state index is 0.695. The summed E-state index contributed by atoms with van der Waals surface area (Å²) in [6.07, 6.45) is 2.46. The second kappa shape index (κ2) is 6.10. The third-order valence-electron chi connectivity index (χ3n) is 3.52. The fourth-order valence-corrected chi connectivity index (χ4v) is 2.67. The summed E-state index contributed by atoms with van der Waals surface area (Å²) in [5, 5.41) is 0.695. The summed E-state index contributed by atoms with van der Waals surface area (Å²) in [7, 11) is 0. The van der Waals surface area contributed by atoms with Crippen LogP contribution in [0.5, 0.6) is 0 Å². The van der Waals surface area contributed by atoms with E-state index in [2.05, 4.69) is 17.0 Å². The standard InChI is InChI=1S/C17H17ClN2/c18-15-10-4-5-11-16(15)19-17(20-12-6-7-13-20)14-8-2-1-3-9-14/h1-5,8-11H,6-7,12-13H2. The Morgan fingerprint density at radius 2 is 1.55 bits per heavy atom. The molecule has 1 fully saturated rings. The zero-order valence-electron chi connectivity index (χ0n) is 11.3. The SMILES string of the molecule is Clc1ccccc1N=C(c1ccccc1)N1CCCC1. The maximum Gasteiger partial charge on any atom is 0.136 e. The van der Waals surface area contributed by atoms with Gasteiger partial charge in [0.15, 0.2) is 0 Å². The highest BCUT2D eigenvalue weighted by Crippen LogP contribution is 2.26. The van der Waals surface area contributed by atoms with Crippen molar-refractivity contribution in [2.24, 2.45) is 4.99 Å². The Morgan fingerprint density at radius 1 is 0.900 bits per heavy atom. The fourth-order valence-electron chi connectivity index (χ4n) is 2.49. The quantitative estimate of drug-likeness (QED) is 0.585. The first-order valence-corrected chi connectivity index (χ1v) is 7.36. The van der Waals surface area contributed by atoms with E-state index >= 15 is 0 Å². The van der Waals surface area contributed by atoms with E-state index in [1.165, 1.54) is 12.8 Å². The number of likely N-dealkylation sites (tertiary alicyclic amines) is 1. The number of amidine groups is 1. The van der Waals surface area contributed by atoms with Gasteiger partial charge in [0, 0.05) is 18.7 Å². The van der Waals surface area contributed by atoms with Crippen molar-refractivity contribution in [3.05, 3.63) is 65.2 Å². The molecule has 1 aliphatic heterocycles. The van der Waals surface area contributed by atoms with E-state index in [1.807, 2.05) is 42.5 Å². The largest absolute Gasteiger partial charge is 0.356 e. The molecule has 2 aromatic carbocycles. The highest BCUT2D eigenvalue weighted by molar-refractivity contribution is 6.33. The van der Waals surface area contributed by atoms with Gasteiger partial charge in [0.1, 0.15) is 5.84 Å². The van der Waals surface area contributed by atoms with Gasteiger partial charge in [0.2, 0.25) is 0 Å². The van der Waals surface area contributed by atoms with Crippen molar-refractivity contribution in [1.29, 1.82) is 0 Å². The monoisotopic (exact) mass is 284 g/mol. The summed E-state index contributed by atoms with van der Waals surface area (Å²) in [4.78, 5) is 7.17. The number of rotatable bonds is 2. The molecule has 0 spiro atoms. The van der Waals surface area contributed by atoms with Gasteiger partial charge in [-0.05, 0) is 25.0 Å². The second-order valence-electron chi connectivity index (χ2n) is 4.95. The number of nitrogens with zero attached hydrogens (tertiary/aromatic N) is 2. The van der Waals surface area contributed by atoms with Crippen LogP contribution in [-0.2, 0) is 0 Å². The molecule has 0 aromatic heterocycles. The lowest BCUT2D eigenvalue weighted by Crippen LogP contribution is -2.28. The van der Waals surface area contributed by atoms with Crippen LogP contribution in [0.3, 0.4) is 0 Å². The topological polar surface area (TPSA) is 15.6 Å². The van der Waals surface area contributed by atoms with Gasteiger partial charge in [-0.15, -0.1) is 0 Å². The summed E-state index contributed by atoms with van der Waals surface area (Å²) in [6.45, 7) is 2.14. The van der Waals surface area contributed by atoms with Crippen molar-refractivity contribution in [3.8, 4) is 0 Å². The van der Waals surface area contributed by atoms with Crippen molar-refractivity contribution in [3.63, 3.8) is 0 Å². The lowest BCUT2D eigenvalue weighted by molar-refractivity contribution is 0.521. The van der Waals surface area contributed by atoms with Gasteiger partial charge in [0.05, 0.1) is 10.7 Å². The maximum atomic E-state index is 6.24. The number of benzene rings is 2. The number of hydrogen-bond donors (Lipinski definition) is 0. The molecule has 0 amide bonds. The fraction of sp³-hybridized carbons (Fsp3) is 0.235. The van der Waals surface area contributed by atoms with Gasteiger partial charge >= 0.3 is 0 Å². The summed E-state index contributed by atoms with van der Waals surface area (Å²) < 4.78 is 0. The van der Waals surface area contributed by atoms with E-state index in [1.54, 1.807) is 0 Å². The predicted octanol–water partition coefficient (Wildman–Crippen LogP) is 4.51. The molecule has 2 nitrogen and oxygen atoms in total. The molecule has 0 aliphatic carbocycles. The Labute approximate surface area is 124 Å². The molecule has 102 valence electrons. The van der Waals surface area contributed by atoms with Gasteiger partial charge in [-0.1, -0.05) is 54.1 Å². The molecule has 0 unspecified atom stereocenters. The van der Waals surface area contributed by atoms with E-state index < -0.39 is 0 Å². The number of aliphatic imine (C=N–C) groups is 1. The lowest BCUT2D eigenvalue weighted by atomic mass is 10.2. The summed E-state index contributed by atoms with van der Waals surface area (Å²) in [6, 6.07) is 18.1. The van der Waals surface area contributed by atoms with E-state index in [4.69, 9.17) is 16.6 Å². The van der Waals surface area contributed by atoms with Gasteiger partial charge < -0.3 is 4.90 Å². The van der Waals surface area contributed by atoms with Crippen LogP contribution in [0.25, 0.3) is 0 Å². The molecule has 2 aromatic rings. The summed E-state index contributed by atoms with van der Waals surface area (Å²) in [5.41, 5.74) is 1.98. The van der Waals surface area contributed by atoms with Crippen LogP contribution in [-0.4, -0.2) is 23.8 Å². The average Bonchev–Trinajstić information content (AvgIpc) is 3.01. The molecule has 0 bridgehead atoms. The number of halogens is 1. The van der Waals surface area contributed by atoms with Crippen LogP contribution in [0.15, 0.2) is 59.6 Å². The Kier molecular flexibility index (Phi) is 4.03. The van der Waals surface area contributed by atoms with Crippen LogP contribution in [0.2, 0.25) is 5.02 Å². The summed E-state index contributed by atoms with van der Waals surface area (Å²) in [5.74, 6) is 1.02. The van der Waals surface area contributed by atoms with Crippen molar-refractivity contribution in [1.82, 2.24) is 4.90 Å². The highest BCUT2D eigenvalue weighted by atomic mass is 35.5. The van der Waals surface area contributed by atoms with Gasteiger partial charge in [-0.2, -0.15) is 0 Å². The van der Waals surface area contributed by atoms with E-state index in [0.29, 0.717) is 5.02 Å². The first-order valence-electron chi connectivity index (χ1n) is 6.98. The maximum absolute atomic E-state index is 6.24. The Bertz CT molecular complexity index is 601. The van der Waals surface area contributed by atoms with Gasteiger partial charge in [-0.3, -0.25) is 0 Å². The molecule has 1 aliphatic rings. The Balaban J connectivity index is 2.03.